The molecule has 3 aromatic rings. The van der Waals surface area contributed by atoms with E-state index in [1.807, 2.05) is 0 Å². The van der Waals surface area contributed by atoms with Crippen LogP contribution in [0.1, 0.15) is 32.4 Å². The standard InChI is InChI=1S/C22H23N5O3S2/c1-2-14-3-5-17-15(11-14)12-20(24-17)32(29,30)27-9-7-26(8-10-27)22(28)21-25-18-6-4-16(23)13-19(18)31-21/h1,3,5,11-12,16,24H,4,6-10,13,23H2. The van der Waals surface area contributed by atoms with Crippen molar-refractivity contribution in [3.8, 4) is 12.3 Å². The Bertz CT molecular complexity index is 1340. The van der Waals surface area contributed by atoms with Crippen LogP contribution in [0.5, 0.6) is 0 Å². The number of thiazole rings is 1. The maximum absolute atomic E-state index is 13.2. The summed E-state index contributed by atoms with van der Waals surface area (Å²) in [7, 11) is -3.70. The second-order valence-corrected chi connectivity index (χ2v) is 11.2. The normalized spacial score (nSPS) is 19.6. The molecule has 1 aliphatic heterocycles. The van der Waals surface area contributed by atoms with Crippen molar-refractivity contribution in [3.63, 3.8) is 0 Å². The fraction of sp³-hybridized carbons (Fsp3) is 0.364. The molecule has 2 aromatic heterocycles. The van der Waals surface area contributed by atoms with Gasteiger partial charge in [0.1, 0.15) is 5.03 Å². The quantitative estimate of drug-likeness (QED) is 0.566. The van der Waals surface area contributed by atoms with Gasteiger partial charge in [0.25, 0.3) is 15.9 Å². The van der Waals surface area contributed by atoms with Gasteiger partial charge in [-0.3, -0.25) is 4.79 Å². The lowest BCUT2D eigenvalue weighted by Gasteiger charge is -2.33. The van der Waals surface area contributed by atoms with Gasteiger partial charge in [-0.05, 0) is 43.5 Å². The van der Waals surface area contributed by atoms with Crippen molar-refractivity contribution in [1.29, 1.82) is 0 Å². The Labute approximate surface area is 190 Å². The smallest absolute Gasteiger partial charge is 0.282 e. The number of terminal acetylenes is 1. The van der Waals surface area contributed by atoms with Crippen LogP contribution >= 0.6 is 11.3 Å². The number of benzene rings is 1. The van der Waals surface area contributed by atoms with E-state index in [1.54, 1.807) is 29.2 Å². The van der Waals surface area contributed by atoms with E-state index in [4.69, 9.17) is 12.2 Å². The van der Waals surface area contributed by atoms with Crippen LogP contribution in [0.3, 0.4) is 0 Å². The van der Waals surface area contributed by atoms with Gasteiger partial charge in [0, 0.05) is 53.6 Å². The van der Waals surface area contributed by atoms with Gasteiger partial charge in [0.05, 0.1) is 5.69 Å². The maximum Gasteiger partial charge on any atom is 0.282 e. The minimum Gasteiger partial charge on any atom is -0.345 e. The fourth-order valence-electron chi connectivity index (χ4n) is 4.23. The van der Waals surface area contributed by atoms with E-state index < -0.39 is 10.0 Å². The molecule has 32 heavy (non-hydrogen) atoms. The molecule has 3 N–H and O–H groups in total. The predicted octanol–water partition coefficient (Wildman–Crippen LogP) is 1.57. The zero-order valence-electron chi connectivity index (χ0n) is 17.4. The summed E-state index contributed by atoms with van der Waals surface area (Å²) in [5.41, 5.74) is 8.42. The number of nitrogens with two attached hydrogens (primary N) is 1. The molecule has 1 atom stereocenters. The molecule has 1 saturated heterocycles. The Kier molecular flexibility index (Phi) is 5.29. The summed E-state index contributed by atoms with van der Waals surface area (Å²) in [6.07, 6.45) is 7.89. The highest BCUT2D eigenvalue weighted by Gasteiger charge is 2.33. The summed E-state index contributed by atoms with van der Waals surface area (Å²) in [6, 6.07) is 7.06. The van der Waals surface area contributed by atoms with E-state index in [0.717, 1.165) is 35.2 Å². The van der Waals surface area contributed by atoms with Gasteiger partial charge in [0.2, 0.25) is 0 Å². The van der Waals surface area contributed by atoms with Crippen molar-refractivity contribution in [3.05, 3.63) is 45.4 Å². The van der Waals surface area contributed by atoms with Crippen molar-refractivity contribution >= 4 is 38.2 Å². The number of carbonyl (C=O) groups is 1. The Morgan fingerprint density at radius 1 is 1.25 bits per heavy atom. The zero-order valence-corrected chi connectivity index (χ0v) is 19.0. The summed E-state index contributed by atoms with van der Waals surface area (Å²) in [6.45, 7) is 1.11. The van der Waals surface area contributed by atoms with Crippen molar-refractivity contribution in [2.75, 3.05) is 26.2 Å². The third-order valence-electron chi connectivity index (χ3n) is 6.07. The third-order valence-corrected chi connectivity index (χ3v) is 9.00. The van der Waals surface area contributed by atoms with E-state index in [1.165, 1.54) is 15.6 Å². The SMILES string of the molecule is C#Cc1ccc2[nH]c(S(=O)(=O)N3CCN(C(=O)c4nc5c(s4)CC(N)CC5)CC3)cc2c1. The monoisotopic (exact) mass is 469 g/mol. The van der Waals surface area contributed by atoms with Crippen molar-refractivity contribution in [2.24, 2.45) is 5.73 Å². The molecular weight excluding hydrogens is 446 g/mol. The van der Waals surface area contributed by atoms with Gasteiger partial charge in [-0.25, -0.2) is 13.4 Å². The van der Waals surface area contributed by atoms with E-state index in [-0.39, 0.29) is 30.1 Å². The number of hydrogen-bond donors (Lipinski definition) is 2. The molecule has 166 valence electrons. The number of sulfonamides is 1. The number of nitrogens with zero attached hydrogens (tertiary/aromatic N) is 3. The lowest BCUT2D eigenvalue weighted by molar-refractivity contribution is 0.0697. The summed E-state index contributed by atoms with van der Waals surface area (Å²) >= 11 is 1.42. The van der Waals surface area contributed by atoms with Crippen LogP contribution in [0.2, 0.25) is 0 Å². The van der Waals surface area contributed by atoms with Gasteiger partial charge in [0.15, 0.2) is 5.01 Å². The van der Waals surface area contributed by atoms with Crippen LogP contribution in [0, 0.1) is 12.3 Å². The van der Waals surface area contributed by atoms with Gasteiger partial charge in [-0.15, -0.1) is 17.8 Å². The molecule has 10 heteroatoms. The molecule has 2 aliphatic rings. The number of rotatable bonds is 3. The van der Waals surface area contributed by atoms with Gasteiger partial charge < -0.3 is 15.6 Å². The Morgan fingerprint density at radius 3 is 2.78 bits per heavy atom. The highest BCUT2D eigenvalue weighted by molar-refractivity contribution is 7.89. The Balaban J connectivity index is 1.29. The van der Waals surface area contributed by atoms with E-state index >= 15 is 0 Å². The van der Waals surface area contributed by atoms with Crippen LogP contribution in [-0.4, -0.2) is 65.7 Å². The highest BCUT2D eigenvalue weighted by atomic mass is 32.2. The van der Waals surface area contributed by atoms with Crippen LogP contribution in [0.4, 0.5) is 0 Å². The summed E-state index contributed by atoms with van der Waals surface area (Å²) in [5, 5.41) is 1.35. The number of piperazine rings is 1. The molecule has 1 fully saturated rings. The third kappa shape index (κ3) is 3.71. The van der Waals surface area contributed by atoms with Crippen LogP contribution < -0.4 is 5.73 Å². The number of nitrogens with one attached hydrogen (secondary N) is 1. The second-order valence-electron chi connectivity index (χ2n) is 8.17. The Hall–Kier alpha value is -2.71. The molecule has 5 rings (SSSR count). The van der Waals surface area contributed by atoms with Crippen LogP contribution in [-0.2, 0) is 22.9 Å². The molecule has 1 unspecified atom stereocenters. The molecule has 1 amide bonds. The first kappa shape index (κ1) is 21.2. The molecule has 1 aliphatic carbocycles. The molecule has 0 radical (unpaired) electrons. The summed E-state index contributed by atoms with van der Waals surface area (Å²) < 4.78 is 27.7. The van der Waals surface area contributed by atoms with E-state index in [9.17, 15) is 13.2 Å². The summed E-state index contributed by atoms with van der Waals surface area (Å²) in [4.78, 5) is 23.2. The molecule has 0 bridgehead atoms. The van der Waals surface area contributed by atoms with Gasteiger partial charge >= 0.3 is 0 Å². The molecule has 3 heterocycles. The fourth-order valence-corrected chi connectivity index (χ4v) is 6.84. The Morgan fingerprint density at radius 2 is 2.03 bits per heavy atom. The maximum atomic E-state index is 13.2. The number of aryl methyl sites for hydroxylation is 1. The molecular formula is C22H23N5O3S2. The minimum absolute atomic E-state index is 0.127. The largest absolute Gasteiger partial charge is 0.345 e. The van der Waals surface area contributed by atoms with Crippen LogP contribution in [0.15, 0.2) is 29.3 Å². The van der Waals surface area contributed by atoms with Gasteiger partial charge in [-0.2, -0.15) is 4.31 Å². The number of carbonyl (C=O) groups excluding carboxylic acids is 1. The number of H-pyrrole nitrogens is 1. The zero-order chi connectivity index (χ0) is 22.5. The second kappa shape index (κ2) is 8.01. The van der Waals surface area contributed by atoms with Gasteiger partial charge in [-0.1, -0.05) is 5.92 Å². The lowest BCUT2D eigenvalue weighted by Crippen LogP contribution is -2.50. The minimum atomic E-state index is -3.70. The number of aromatic amines is 1. The highest BCUT2D eigenvalue weighted by Crippen LogP contribution is 2.28. The number of amides is 1. The number of aromatic nitrogens is 2. The number of fused-ring (bicyclic) bond motifs is 2. The molecule has 0 saturated carbocycles. The van der Waals surface area contributed by atoms with Crippen molar-refractivity contribution in [2.45, 2.75) is 30.3 Å². The molecule has 8 nitrogen and oxygen atoms in total. The summed E-state index contributed by atoms with van der Waals surface area (Å²) in [5.74, 6) is 2.42. The first-order chi connectivity index (χ1) is 15.3. The van der Waals surface area contributed by atoms with Crippen molar-refractivity contribution in [1.82, 2.24) is 19.2 Å². The topological polar surface area (TPSA) is 112 Å². The first-order valence-corrected chi connectivity index (χ1v) is 12.7. The molecule has 0 spiro atoms. The van der Waals surface area contributed by atoms with E-state index in [0.29, 0.717) is 29.2 Å². The van der Waals surface area contributed by atoms with Crippen molar-refractivity contribution < 1.29 is 13.2 Å². The average molecular weight is 470 g/mol. The van der Waals surface area contributed by atoms with Crippen LogP contribution in [0.25, 0.3) is 10.9 Å². The average Bonchev–Trinajstić information content (AvgIpc) is 3.42. The first-order valence-electron chi connectivity index (χ1n) is 10.5. The van der Waals surface area contributed by atoms with E-state index in [2.05, 4.69) is 15.9 Å². The number of hydrogen-bond acceptors (Lipinski definition) is 6. The molecule has 1 aromatic carbocycles. The predicted molar refractivity (Wildman–Crippen MR) is 123 cm³/mol. The lowest BCUT2D eigenvalue weighted by atomic mass is 9.99.